The molecule has 1 aromatic carbocycles. The lowest BCUT2D eigenvalue weighted by molar-refractivity contribution is -0.385. The Labute approximate surface area is 121 Å². The molecule has 0 spiro atoms. The van der Waals surface area contributed by atoms with Crippen LogP contribution in [0.2, 0.25) is 0 Å². The van der Waals surface area contributed by atoms with Crippen molar-refractivity contribution in [2.75, 3.05) is 26.2 Å². The molecule has 1 N–H and O–H groups in total. The molecule has 1 aliphatic heterocycles. The van der Waals surface area contributed by atoms with E-state index in [-0.39, 0.29) is 11.5 Å². The molecule has 1 saturated carbocycles. The lowest BCUT2D eigenvalue weighted by Crippen LogP contribution is -2.49. The van der Waals surface area contributed by atoms with E-state index in [0.717, 1.165) is 13.1 Å². The van der Waals surface area contributed by atoms with Crippen LogP contribution in [0.3, 0.4) is 0 Å². The number of hydrogen-bond donors (Lipinski definition) is 1. The molecule has 2 aliphatic rings. The Hall–Kier alpha value is -2.15. The number of nitro benzene ring substituents is 1. The van der Waals surface area contributed by atoms with E-state index in [9.17, 15) is 20.0 Å². The van der Waals surface area contributed by atoms with Crippen LogP contribution in [0.1, 0.15) is 23.2 Å². The first-order chi connectivity index (χ1) is 10.1. The third kappa shape index (κ3) is 2.69. The standard InChI is InChI=1S/C14H17N3O4/c18-13-11(2-1-3-12(13)17(20)21)14(19)16-8-6-15(7-9-16)10-4-5-10/h1-3,10,18H,4-9H2. The van der Waals surface area contributed by atoms with Gasteiger partial charge in [0.15, 0.2) is 0 Å². The predicted octanol–water partition coefficient (Wildman–Crippen LogP) is 1.22. The zero-order valence-electron chi connectivity index (χ0n) is 11.6. The molecule has 1 aromatic rings. The summed E-state index contributed by atoms with van der Waals surface area (Å²) in [6.07, 6.45) is 2.47. The lowest BCUT2D eigenvalue weighted by Gasteiger charge is -2.34. The fourth-order valence-corrected chi connectivity index (χ4v) is 2.75. The Bertz CT molecular complexity index is 578. The molecule has 0 unspecified atom stereocenters. The number of nitrogens with zero attached hydrogens (tertiary/aromatic N) is 3. The summed E-state index contributed by atoms with van der Waals surface area (Å²) in [5.74, 6) is -0.885. The van der Waals surface area contributed by atoms with E-state index in [0.29, 0.717) is 19.1 Å². The number of hydrogen-bond acceptors (Lipinski definition) is 5. The van der Waals surface area contributed by atoms with Crippen LogP contribution in [-0.2, 0) is 0 Å². The van der Waals surface area contributed by atoms with Gasteiger partial charge in [-0.05, 0) is 18.9 Å². The van der Waals surface area contributed by atoms with E-state index < -0.39 is 16.4 Å². The number of phenols is 1. The second-order valence-electron chi connectivity index (χ2n) is 5.49. The van der Waals surface area contributed by atoms with E-state index in [1.807, 2.05) is 0 Å². The van der Waals surface area contributed by atoms with Crippen molar-refractivity contribution in [2.45, 2.75) is 18.9 Å². The number of benzene rings is 1. The second kappa shape index (κ2) is 5.33. The van der Waals surface area contributed by atoms with Gasteiger partial charge < -0.3 is 10.0 Å². The molecule has 0 atom stereocenters. The molecule has 0 radical (unpaired) electrons. The van der Waals surface area contributed by atoms with Crippen LogP contribution >= 0.6 is 0 Å². The number of nitro groups is 1. The van der Waals surface area contributed by atoms with Crippen molar-refractivity contribution < 1.29 is 14.8 Å². The van der Waals surface area contributed by atoms with Crippen molar-refractivity contribution >= 4 is 11.6 Å². The molecule has 0 bridgehead atoms. The summed E-state index contributed by atoms with van der Waals surface area (Å²) in [6.45, 7) is 2.84. The first-order valence-electron chi connectivity index (χ1n) is 7.07. The van der Waals surface area contributed by atoms with E-state index >= 15 is 0 Å². The lowest BCUT2D eigenvalue weighted by atomic mass is 10.1. The second-order valence-corrected chi connectivity index (χ2v) is 5.49. The molecule has 1 saturated heterocycles. The van der Waals surface area contributed by atoms with Crippen LogP contribution in [0.15, 0.2) is 18.2 Å². The van der Waals surface area contributed by atoms with Gasteiger partial charge in [0.1, 0.15) is 0 Å². The van der Waals surface area contributed by atoms with Crippen LogP contribution in [0.4, 0.5) is 5.69 Å². The van der Waals surface area contributed by atoms with Crippen LogP contribution in [0.25, 0.3) is 0 Å². The minimum Gasteiger partial charge on any atom is -0.502 e. The SMILES string of the molecule is O=C(c1cccc([N+](=O)[O-])c1O)N1CCN(C2CC2)CC1. The van der Waals surface area contributed by atoms with Crippen molar-refractivity contribution in [3.8, 4) is 5.75 Å². The van der Waals surface area contributed by atoms with Gasteiger partial charge in [0.25, 0.3) is 5.91 Å². The largest absolute Gasteiger partial charge is 0.502 e. The highest BCUT2D eigenvalue weighted by atomic mass is 16.6. The van der Waals surface area contributed by atoms with Gasteiger partial charge in [-0.25, -0.2) is 0 Å². The summed E-state index contributed by atoms with van der Waals surface area (Å²) in [4.78, 5) is 26.6. The van der Waals surface area contributed by atoms with E-state index in [4.69, 9.17) is 0 Å². The van der Waals surface area contributed by atoms with E-state index in [1.54, 1.807) is 4.90 Å². The molecule has 2 fully saturated rings. The first kappa shape index (κ1) is 13.8. The van der Waals surface area contributed by atoms with Crippen molar-refractivity contribution in [1.82, 2.24) is 9.80 Å². The Balaban J connectivity index is 1.73. The van der Waals surface area contributed by atoms with Gasteiger partial charge in [-0.15, -0.1) is 0 Å². The van der Waals surface area contributed by atoms with Gasteiger partial charge >= 0.3 is 5.69 Å². The summed E-state index contributed by atoms with van der Waals surface area (Å²) >= 11 is 0. The molecule has 7 heteroatoms. The molecule has 1 heterocycles. The molecule has 112 valence electrons. The summed E-state index contributed by atoms with van der Waals surface area (Å²) < 4.78 is 0. The molecule has 3 rings (SSSR count). The highest BCUT2D eigenvalue weighted by Gasteiger charge is 2.33. The average molecular weight is 291 g/mol. The minimum atomic E-state index is -0.683. The van der Waals surface area contributed by atoms with E-state index in [1.165, 1.54) is 31.0 Å². The fraction of sp³-hybridized carbons (Fsp3) is 0.500. The smallest absolute Gasteiger partial charge is 0.311 e. The van der Waals surface area contributed by atoms with Gasteiger partial charge in [0.05, 0.1) is 10.5 Å². The number of aromatic hydroxyl groups is 1. The number of piperazine rings is 1. The normalized spacial score (nSPS) is 19.5. The van der Waals surface area contributed by atoms with Crippen LogP contribution in [0, 0.1) is 10.1 Å². The van der Waals surface area contributed by atoms with Crippen LogP contribution < -0.4 is 0 Å². The van der Waals surface area contributed by atoms with Crippen LogP contribution in [-0.4, -0.2) is 58.0 Å². The number of amides is 1. The molecule has 21 heavy (non-hydrogen) atoms. The third-order valence-corrected chi connectivity index (χ3v) is 4.11. The molecule has 1 aliphatic carbocycles. The maximum absolute atomic E-state index is 12.4. The molecule has 0 aromatic heterocycles. The zero-order valence-corrected chi connectivity index (χ0v) is 11.6. The number of carbonyl (C=O) groups is 1. The Morgan fingerprint density at radius 1 is 1.24 bits per heavy atom. The van der Waals surface area contributed by atoms with Crippen molar-refractivity contribution in [3.05, 3.63) is 33.9 Å². The van der Waals surface area contributed by atoms with Gasteiger partial charge in [-0.1, -0.05) is 6.07 Å². The van der Waals surface area contributed by atoms with Gasteiger partial charge in [0, 0.05) is 38.3 Å². The number of phenolic OH excluding ortho intramolecular Hbond substituents is 1. The summed E-state index contributed by atoms with van der Waals surface area (Å²) in [5.41, 5.74) is -0.429. The maximum atomic E-state index is 12.4. The Morgan fingerprint density at radius 3 is 2.48 bits per heavy atom. The van der Waals surface area contributed by atoms with Gasteiger partial charge in [-0.3, -0.25) is 19.8 Å². The average Bonchev–Trinajstić information content (AvgIpc) is 3.31. The molecule has 7 nitrogen and oxygen atoms in total. The summed E-state index contributed by atoms with van der Waals surface area (Å²) in [5, 5.41) is 20.7. The summed E-state index contributed by atoms with van der Waals surface area (Å²) in [6, 6.07) is 4.72. The van der Waals surface area contributed by atoms with Crippen molar-refractivity contribution in [2.24, 2.45) is 0 Å². The monoisotopic (exact) mass is 291 g/mol. The van der Waals surface area contributed by atoms with Crippen LogP contribution in [0.5, 0.6) is 5.75 Å². The van der Waals surface area contributed by atoms with Crippen molar-refractivity contribution in [3.63, 3.8) is 0 Å². The minimum absolute atomic E-state index is 0.00377. The topological polar surface area (TPSA) is 86.9 Å². The fourth-order valence-electron chi connectivity index (χ4n) is 2.75. The molecule has 1 amide bonds. The maximum Gasteiger partial charge on any atom is 0.311 e. The van der Waals surface area contributed by atoms with E-state index in [2.05, 4.69) is 4.90 Å². The zero-order chi connectivity index (χ0) is 15.0. The third-order valence-electron chi connectivity index (χ3n) is 4.11. The molecular formula is C14H17N3O4. The van der Waals surface area contributed by atoms with Crippen molar-refractivity contribution in [1.29, 1.82) is 0 Å². The number of para-hydroxylation sites is 1. The number of rotatable bonds is 3. The highest BCUT2D eigenvalue weighted by Crippen LogP contribution is 2.31. The predicted molar refractivity (Wildman–Crippen MR) is 75.3 cm³/mol. The van der Waals surface area contributed by atoms with Gasteiger partial charge in [0.2, 0.25) is 5.75 Å². The van der Waals surface area contributed by atoms with Gasteiger partial charge in [-0.2, -0.15) is 0 Å². The molecular weight excluding hydrogens is 274 g/mol. The Morgan fingerprint density at radius 2 is 1.90 bits per heavy atom. The number of carbonyl (C=O) groups excluding carboxylic acids is 1. The quantitative estimate of drug-likeness (QED) is 0.668. The first-order valence-corrected chi connectivity index (χ1v) is 7.07. The Kier molecular flexibility index (Phi) is 3.50. The highest BCUT2D eigenvalue weighted by molar-refractivity contribution is 5.98. The summed E-state index contributed by atoms with van der Waals surface area (Å²) in [7, 11) is 0.